The van der Waals surface area contributed by atoms with Crippen molar-refractivity contribution < 1.29 is 0 Å². The van der Waals surface area contributed by atoms with Crippen LogP contribution in [0, 0.1) is 0 Å². The van der Waals surface area contributed by atoms with E-state index in [0.717, 1.165) is 27.8 Å². The molecule has 8 aromatic carbocycles. The Bertz CT molecular complexity index is 2630. The lowest BCUT2D eigenvalue weighted by atomic mass is 9.88. The van der Waals surface area contributed by atoms with Gasteiger partial charge in [0, 0.05) is 16.7 Å². The van der Waals surface area contributed by atoms with Crippen molar-refractivity contribution >= 4 is 10.8 Å². The van der Waals surface area contributed by atoms with Crippen LogP contribution in [0.3, 0.4) is 0 Å². The van der Waals surface area contributed by atoms with Crippen molar-refractivity contribution in [3.05, 3.63) is 200 Å². The Hall–Kier alpha value is -6.97. The van der Waals surface area contributed by atoms with Crippen LogP contribution in [0.5, 0.6) is 0 Å². The zero-order chi connectivity index (χ0) is 34.7. The molecule has 0 aliphatic heterocycles. The molecule has 9 aromatic rings. The maximum absolute atomic E-state index is 5.03. The molecular weight excluding hydrogens is 631 g/mol. The van der Waals surface area contributed by atoms with Crippen molar-refractivity contribution in [2.24, 2.45) is 0 Å². The summed E-state index contributed by atoms with van der Waals surface area (Å²) in [6.45, 7) is 0. The van der Waals surface area contributed by atoms with Crippen LogP contribution in [0.4, 0.5) is 0 Å². The smallest absolute Gasteiger partial charge is 0.164 e. The lowest BCUT2D eigenvalue weighted by Gasteiger charge is -2.16. The molecule has 0 aliphatic carbocycles. The maximum atomic E-state index is 5.03. The van der Waals surface area contributed by atoms with E-state index in [4.69, 9.17) is 15.0 Å². The maximum Gasteiger partial charge on any atom is 0.164 e. The first-order valence-corrected chi connectivity index (χ1v) is 17.5. The van der Waals surface area contributed by atoms with Gasteiger partial charge in [0.05, 0.1) is 0 Å². The SMILES string of the molecule is c1ccc(-c2ccc(-c3nc(-c4ccccc4)nc(-c4ccc(-c5ccc(-c6ccccc6)cc5-c5cccc6ccccc56)cc4)n3)cc2)cc1. The molecule has 0 radical (unpaired) electrons. The van der Waals surface area contributed by atoms with E-state index >= 15 is 0 Å². The van der Waals surface area contributed by atoms with E-state index in [1.807, 2.05) is 36.4 Å². The first-order valence-electron chi connectivity index (χ1n) is 17.5. The molecule has 9 rings (SSSR count). The normalized spacial score (nSPS) is 11.1. The van der Waals surface area contributed by atoms with E-state index in [1.165, 1.54) is 44.2 Å². The van der Waals surface area contributed by atoms with E-state index < -0.39 is 0 Å². The number of aromatic nitrogens is 3. The fourth-order valence-electron chi connectivity index (χ4n) is 6.88. The standard InChI is InChI=1S/C49H33N3/c1-4-13-34(14-5-1)36-23-27-40(28-24-36)48-50-47(39-18-8-3-9-19-39)51-49(52-48)41-29-25-38(26-30-41)44-32-31-42(35-15-6-2-7-16-35)33-46(44)45-22-12-20-37-17-10-11-21-43(37)45/h1-33H. The third-order valence-electron chi connectivity index (χ3n) is 9.58. The van der Waals surface area contributed by atoms with E-state index in [0.29, 0.717) is 17.5 Å². The minimum absolute atomic E-state index is 0.635. The molecule has 3 nitrogen and oxygen atoms in total. The van der Waals surface area contributed by atoms with Gasteiger partial charge in [0.1, 0.15) is 0 Å². The summed E-state index contributed by atoms with van der Waals surface area (Å²) in [5.74, 6) is 1.92. The molecule has 0 aliphatic rings. The van der Waals surface area contributed by atoms with Crippen molar-refractivity contribution in [2.45, 2.75) is 0 Å². The Kier molecular flexibility index (Phi) is 8.20. The largest absolute Gasteiger partial charge is 0.208 e. The average molecular weight is 664 g/mol. The van der Waals surface area contributed by atoms with Crippen molar-refractivity contribution in [1.82, 2.24) is 15.0 Å². The van der Waals surface area contributed by atoms with Gasteiger partial charge in [-0.25, -0.2) is 15.0 Å². The zero-order valence-corrected chi connectivity index (χ0v) is 28.4. The monoisotopic (exact) mass is 663 g/mol. The summed E-state index contributed by atoms with van der Waals surface area (Å²) >= 11 is 0. The Morgan fingerprint density at radius 1 is 0.231 bits per heavy atom. The highest BCUT2D eigenvalue weighted by Crippen LogP contribution is 2.39. The number of nitrogens with zero attached hydrogens (tertiary/aromatic N) is 3. The van der Waals surface area contributed by atoms with E-state index in [9.17, 15) is 0 Å². The lowest BCUT2D eigenvalue weighted by Crippen LogP contribution is -2.00. The first-order chi connectivity index (χ1) is 25.8. The van der Waals surface area contributed by atoms with Gasteiger partial charge < -0.3 is 0 Å². The second-order valence-corrected chi connectivity index (χ2v) is 12.8. The third kappa shape index (κ3) is 6.17. The summed E-state index contributed by atoms with van der Waals surface area (Å²) in [4.78, 5) is 15.0. The Balaban J connectivity index is 1.13. The molecule has 0 saturated heterocycles. The van der Waals surface area contributed by atoms with Crippen LogP contribution in [-0.4, -0.2) is 15.0 Å². The highest BCUT2D eigenvalue weighted by atomic mass is 15.0. The molecule has 0 spiro atoms. The van der Waals surface area contributed by atoms with Crippen LogP contribution in [0.1, 0.15) is 0 Å². The number of hydrogen-bond donors (Lipinski definition) is 0. The summed E-state index contributed by atoms with van der Waals surface area (Å²) in [7, 11) is 0. The highest BCUT2D eigenvalue weighted by molar-refractivity contribution is 6.01. The highest BCUT2D eigenvalue weighted by Gasteiger charge is 2.15. The van der Waals surface area contributed by atoms with Crippen LogP contribution in [0.2, 0.25) is 0 Å². The van der Waals surface area contributed by atoms with E-state index in [2.05, 4.69) is 164 Å². The van der Waals surface area contributed by atoms with Gasteiger partial charge in [0.25, 0.3) is 0 Å². The molecule has 0 saturated carbocycles. The molecule has 0 fully saturated rings. The third-order valence-corrected chi connectivity index (χ3v) is 9.58. The number of rotatable bonds is 7. The van der Waals surface area contributed by atoms with Crippen molar-refractivity contribution in [2.75, 3.05) is 0 Å². The van der Waals surface area contributed by atoms with Gasteiger partial charge in [-0.2, -0.15) is 0 Å². The first kappa shape index (κ1) is 31.0. The minimum atomic E-state index is 0.635. The predicted octanol–water partition coefficient (Wildman–Crippen LogP) is 12.7. The van der Waals surface area contributed by atoms with Gasteiger partial charge in [-0.3, -0.25) is 0 Å². The molecule has 1 heterocycles. The average Bonchev–Trinajstić information content (AvgIpc) is 3.24. The van der Waals surface area contributed by atoms with Crippen molar-refractivity contribution in [1.29, 1.82) is 0 Å². The van der Waals surface area contributed by atoms with Crippen molar-refractivity contribution in [3.63, 3.8) is 0 Å². The zero-order valence-electron chi connectivity index (χ0n) is 28.4. The summed E-state index contributed by atoms with van der Waals surface area (Å²) in [5.41, 5.74) is 12.2. The molecule has 0 atom stereocenters. The fraction of sp³-hybridized carbons (Fsp3) is 0. The molecule has 3 heteroatoms. The van der Waals surface area contributed by atoms with E-state index in [-0.39, 0.29) is 0 Å². The quantitative estimate of drug-likeness (QED) is 0.170. The van der Waals surface area contributed by atoms with Gasteiger partial charge >= 0.3 is 0 Å². The van der Waals surface area contributed by atoms with Crippen LogP contribution in [0.15, 0.2) is 200 Å². The van der Waals surface area contributed by atoms with Crippen LogP contribution < -0.4 is 0 Å². The molecule has 0 unspecified atom stereocenters. The topological polar surface area (TPSA) is 38.7 Å². The second-order valence-electron chi connectivity index (χ2n) is 12.8. The summed E-state index contributed by atoms with van der Waals surface area (Å²) < 4.78 is 0. The van der Waals surface area contributed by atoms with Gasteiger partial charge in [-0.15, -0.1) is 0 Å². The van der Waals surface area contributed by atoms with Crippen LogP contribution >= 0.6 is 0 Å². The Morgan fingerprint density at radius 2 is 0.635 bits per heavy atom. The van der Waals surface area contributed by atoms with Gasteiger partial charge in [-0.1, -0.05) is 194 Å². The molecule has 0 N–H and O–H groups in total. The van der Waals surface area contributed by atoms with Gasteiger partial charge in [0.2, 0.25) is 0 Å². The number of hydrogen-bond acceptors (Lipinski definition) is 3. The fourth-order valence-corrected chi connectivity index (χ4v) is 6.88. The molecule has 52 heavy (non-hydrogen) atoms. The van der Waals surface area contributed by atoms with Gasteiger partial charge in [-0.05, 0) is 61.3 Å². The summed E-state index contributed by atoms with van der Waals surface area (Å²) in [6.07, 6.45) is 0. The van der Waals surface area contributed by atoms with Crippen LogP contribution in [-0.2, 0) is 0 Å². The second kappa shape index (κ2) is 13.7. The molecule has 0 amide bonds. The molecule has 1 aromatic heterocycles. The molecule has 244 valence electrons. The predicted molar refractivity (Wildman–Crippen MR) is 215 cm³/mol. The lowest BCUT2D eigenvalue weighted by molar-refractivity contribution is 1.07. The minimum Gasteiger partial charge on any atom is -0.208 e. The summed E-state index contributed by atoms with van der Waals surface area (Å²) in [5, 5.41) is 2.46. The van der Waals surface area contributed by atoms with Crippen molar-refractivity contribution in [3.8, 4) is 78.7 Å². The Labute approximate surface area is 303 Å². The molecular formula is C49H33N3. The Morgan fingerprint density at radius 3 is 1.23 bits per heavy atom. The number of benzene rings is 8. The molecule has 0 bridgehead atoms. The van der Waals surface area contributed by atoms with Crippen LogP contribution in [0.25, 0.3) is 89.4 Å². The summed E-state index contributed by atoms with van der Waals surface area (Å²) in [6, 6.07) is 70.1. The van der Waals surface area contributed by atoms with Gasteiger partial charge in [0.15, 0.2) is 17.5 Å². The number of fused-ring (bicyclic) bond motifs is 1. The van der Waals surface area contributed by atoms with E-state index in [1.54, 1.807) is 0 Å².